The van der Waals surface area contributed by atoms with Crippen LogP contribution >= 0.6 is 0 Å². The van der Waals surface area contributed by atoms with E-state index in [0.717, 1.165) is 44.3 Å². The van der Waals surface area contributed by atoms with Crippen molar-refractivity contribution in [2.24, 2.45) is 5.92 Å². The Labute approximate surface area is 151 Å². The van der Waals surface area contributed by atoms with Crippen molar-refractivity contribution in [1.29, 1.82) is 5.26 Å². The molecule has 0 spiro atoms. The van der Waals surface area contributed by atoms with E-state index in [2.05, 4.69) is 24.8 Å². The zero-order valence-electron chi connectivity index (χ0n) is 15.4. The number of benzene rings is 1. The fourth-order valence-electron chi connectivity index (χ4n) is 4.25. The van der Waals surface area contributed by atoms with Gasteiger partial charge in [0.05, 0.1) is 11.5 Å². The summed E-state index contributed by atoms with van der Waals surface area (Å²) in [6.07, 6.45) is 3.42. The molecule has 2 fully saturated rings. The highest BCUT2D eigenvalue weighted by Gasteiger charge is 2.39. The van der Waals surface area contributed by atoms with Gasteiger partial charge in [-0.15, -0.1) is 0 Å². The van der Waals surface area contributed by atoms with Crippen LogP contribution in [-0.2, 0) is 10.2 Å². The van der Waals surface area contributed by atoms with Crippen molar-refractivity contribution >= 4 is 5.91 Å². The summed E-state index contributed by atoms with van der Waals surface area (Å²) in [6.45, 7) is 7.88. The molecule has 134 valence electrons. The fraction of sp³-hybridized carbons (Fsp3) is 0.619. The van der Waals surface area contributed by atoms with Gasteiger partial charge in [-0.05, 0) is 58.2 Å². The first kappa shape index (κ1) is 17.9. The van der Waals surface area contributed by atoms with E-state index in [1.165, 1.54) is 0 Å². The van der Waals surface area contributed by atoms with E-state index in [4.69, 9.17) is 0 Å². The van der Waals surface area contributed by atoms with Crippen molar-refractivity contribution in [2.75, 3.05) is 26.2 Å². The largest absolute Gasteiger partial charge is 0.342 e. The van der Waals surface area contributed by atoms with Crippen molar-refractivity contribution in [3.63, 3.8) is 0 Å². The first-order valence-electron chi connectivity index (χ1n) is 9.55. The van der Waals surface area contributed by atoms with Crippen molar-refractivity contribution in [1.82, 2.24) is 9.80 Å². The highest BCUT2D eigenvalue weighted by atomic mass is 16.2. The van der Waals surface area contributed by atoms with Crippen LogP contribution in [0, 0.1) is 17.2 Å². The summed E-state index contributed by atoms with van der Waals surface area (Å²) in [5.74, 6) is 0.476. The molecule has 1 aromatic rings. The Morgan fingerprint density at radius 1 is 1.12 bits per heavy atom. The smallest absolute Gasteiger partial charge is 0.225 e. The number of nitriles is 1. The Hall–Kier alpha value is -1.86. The van der Waals surface area contributed by atoms with E-state index < -0.39 is 5.41 Å². The maximum Gasteiger partial charge on any atom is 0.225 e. The first-order chi connectivity index (χ1) is 12.1. The van der Waals surface area contributed by atoms with Crippen LogP contribution in [0.1, 0.15) is 45.1 Å². The van der Waals surface area contributed by atoms with E-state index in [-0.39, 0.29) is 5.92 Å². The molecule has 0 N–H and O–H groups in total. The summed E-state index contributed by atoms with van der Waals surface area (Å²) >= 11 is 0. The molecule has 0 aliphatic carbocycles. The lowest BCUT2D eigenvalue weighted by Gasteiger charge is -2.40. The standard InChI is InChI=1S/C21H29N3O/c1-17(2)23-12-8-18(9-13-23)20(25)24-14-10-21(16-22,11-15-24)19-6-4-3-5-7-19/h3-7,17-18H,8-15H2,1-2H3. The lowest BCUT2D eigenvalue weighted by atomic mass is 9.74. The fourth-order valence-corrected chi connectivity index (χ4v) is 4.25. The number of likely N-dealkylation sites (tertiary alicyclic amines) is 2. The van der Waals surface area contributed by atoms with E-state index in [1.54, 1.807) is 0 Å². The molecule has 2 aliphatic rings. The topological polar surface area (TPSA) is 47.3 Å². The Balaban J connectivity index is 1.59. The number of carbonyl (C=O) groups is 1. The zero-order chi connectivity index (χ0) is 17.9. The molecule has 2 saturated heterocycles. The predicted octanol–water partition coefficient (Wildman–Crippen LogP) is 3.19. The normalized spacial score (nSPS) is 21.9. The second-order valence-corrected chi connectivity index (χ2v) is 7.79. The highest BCUT2D eigenvalue weighted by Crippen LogP contribution is 2.35. The van der Waals surface area contributed by atoms with Crippen LogP contribution in [0.3, 0.4) is 0 Å². The molecule has 0 radical (unpaired) electrons. The van der Waals surface area contributed by atoms with Crippen LogP contribution in [0.5, 0.6) is 0 Å². The summed E-state index contributed by atoms with van der Waals surface area (Å²) in [5, 5.41) is 9.79. The van der Waals surface area contributed by atoms with Gasteiger partial charge in [0.2, 0.25) is 5.91 Å². The minimum Gasteiger partial charge on any atom is -0.342 e. The second kappa shape index (κ2) is 7.58. The quantitative estimate of drug-likeness (QED) is 0.850. The molecular formula is C21H29N3O. The molecule has 0 aromatic heterocycles. The maximum absolute atomic E-state index is 12.9. The summed E-state index contributed by atoms with van der Waals surface area (Å²) in [4.78, 5) is 17.4. The summed E-state index contributed by atoms with van der Waals surface area (Å²) < 4.78 is 0. The second-order valence-electron chi connectivity index (χ2n) is 7.79. The van der Waals surface area contributed by atoms with Crippen LogP contribution in [0.2, 0.25) is 0 Å². The zero-order valence-corrected chi connectivity index (χ0v) is 15.4. The number of nitrogens with zero attached hydrogens (tertiary/aromatic N) is 3. The van der Waals surface area contributed by atoms with Crippen molar-refractivity contribution in [3.8, 4) is 6.07 Å². The number of carbonyl (C=O) groups excluding carboxylic acids is 1. The summed E-state index contributed by atoms with van der Waals surface area (Å²) in [6, 6.07) is 13.2. The molecule has 1 aromatic carbocycles. The van der Waals surface area contributed by atoms with Crippen LogP contribution in [0.15, 0.2) is 30.3 Å². The monoisotopic (exact) mass is 339 g/mol. The number of rotatable bonds is 3. The van der Waals surface area contributed by atoms with Crippen molar-refractivity contribution in [2.45, 2.75) is 51.0 Å². The van der Waals surface area contributed by atoms with Crippen LogP contribution in [0.25, 0.3) is 0 Å². The van der Waals surface area contributed by atoms with E-state index >= 15 is 0 Å². The number of amides is 1. The van der Waals surface area contributed by atoms with Gasteiger partial charge in [-0.3, -0.25) is 4.79 Å². The SMILES string of the molecule is CC(C)N1CCC(C(=O)N2CCC(C#N)(c3ccccc3)CC2)CC1. The molecule has 1 amide bonds. The third kappa shape index (κ3) is 3.72. The summed E-state index contributed by atoms with van der Waals surface area (Å²) in [7, 11) is 0. The molecule has 3 rings (SSSR count). The van der Waals surface area contributed by atoms with Gasteiger partial charge in [0.15, 0.2) is 0 Å². The van der Waals surface area contributed by atoms with Gasteiger partial charge < -0.3 is 9.80 Å². The molecule has 2 aliphatic heterocycles. The maximum atomic E-state index is 12.9. The van der Waals surface area contributed by atoms with E-state index in [1.807, 2.05) is 35.2 Å². The Kier molecular flexibility index (Phi) is 5.44. The van der Waals surface area contributed by atoms with Gasteiger partial charge in [0.1, 0.15) is 0 Å². The van der Waals surface area contributed by atoms with E-state index in [9.17, 15) is 10.1 Å². The van der Waals surface area contributed by atoms with Crippen LogP contribution in [-0.4, -0.2) is 47.9 Å². The Morgan fingerprint density at radius 2 is 1.72 bits per heavy atom. The van der Waals surface area contributed by atoms with Gasteiger partial charge in [0, 0.05) is 25.0 Å². The minimum absolute atomic E-state index is 0.168. The number of piperidine rings is 2. The minimum atomic E-state index is -0.432. The van der Waals surface area contributed by atoms with E-state index in [0.29, 0.717) is 25.0 Å². The molecule has 0 unspecified atom stereocenters. The summed E-state index contributed by atoms with van der Waals surface area (Å²) in [5.41, 5.74) is 0.661. The molecular weight excluding hydrogens is 310 g/mol. The average molecular weight is 339 g/mol. The van der Waals surface area contributed by atoms with Crippen LogP contribution in [0.4, 0.5) is 0 Å². The predicted molar refractivity (Wildman–Crippen MR) is 99.0 cm³/mol. The Bertz CT molecular complexity index is 618. The van der Waals surface area contributed by atoms with Gasteiger partial charge >= 0.3 is 0 Å². The van der Waals surface area contributed by atoms with Gasteiger partial charge in [-0.1, -0.05) is 30.3 Å². The number of hydrogen-bond donors (Lipinski definition) is 0. The molecule has 0 saturated carbocycles. The van der Waals surface area contributed by atoms with Crippen LogP contribution < -0.4 is 0 Å². The van der Waals surface area contributed by atoms with Gasteiger partial charge in [-0.25, -0.2) is 0 Å². The Morgan fingerprint density at radius 3 is 2.24 bits per heavy atom. The molecule has 2 heterocycles. The average Bonchev–Trinajstić information content (AvgIpc) is 2.68. The lowest BCUT2D eigenvalue weighted by Crippen LogP contribution is -2.49. The van der Waals surface area contributed by atoms with Gasteiger partial charge in [0.25, 0.3) is 0 Å². The van der Waals surface area contributed by atoms with Crippen molar-refractivity contribution < 1.29 is 4.79 Å². The highest BCUT2D eigenvalue weighted by molar-refractivity contribution is 5.79. The lowest BCUT2D eigenvalue weighted by molar-refractivity contribution is -0.138. The molecule has 25 heavy (non-hydrogen) atoms. The first-order valence-corrected chi connectivity index (χ1v) is 9.55. The molecule has 0 atom stereocenters. The third-order valence-corrected chi connectivity index (χ3v) is 6.08. The van der Waals surface area contributed by atoms with Crippen molar-refractivity contribution in [3.05, 3.63) is 35.9 Å². The third-order valence-electron chi connectivity index (χ3n) is 6.08. The molecule has 0 bridgehead atoms. The molecule has 4 nitrogen and oxygen atoms in total. The number of hydrogen-bond acceptors (Lipinski definition) is 3. The molecule has 4 heteroatoms. The van der Waals surface area contributed by atoms with Gasteiger partial charge in [-0.2, -0.15) is 5.26 Å².